The molecule has 0 bridgehead atoms. The highest BCUT2D eigenvalue weighted by Gasteiger charge is 2.26. The number of fused-ring (bicyclic) bond motifs is 1. The van der Waals surface area contributed by atoms with Crippen LogP contribution < -0.4 is 14.8 Å². The van der Waals surface area contributed by atoms with Crippen molar-refractivity contribution in [2.75, 3.05) is 5.32 Å². The van der Waals surface area contributed by atoms with E-state index < -0.39 is 34.6 Å². The van der Waals surface area contributed by atoms with Crippen molar-refractivity contribution in [3.05, 3.63) is 60.4 Å². The molecule has 10 nitrogen and oxygen atoms in total. The molecular weight excluding hydrogens is 474 g/mol. The fourth-order valence-corrected chi connectivity index (χ4v) is 4.87. The van der Waals surface area contributed by atoms with Crippen LogP contribution in [0.1, 0.15) is 25.8 Å². The minimum atomic E-state index is -4.34. The fourth-order valence-electron chi connectivity index (χ4n) is 3.58. The molecule has 0 radical (unpaired) electrons. The first-order valence-electron chi connectivity index (χ1n) is 10.7. The number of sulfonamides is 1. The van der Waals surface area contributed by atoms with Crippen LogP contribution in [0.25, 0.3) is 10.8 Å². The molecule has 0 aliphatic rings. The summed E-state index contributed by atoms with van der Waals surface area (Å²) in [4.78, 5) is 37.6. The van der Waals surface area contributed by atoms with Gasteiger partial charge in [0, 0.05) is 42.9 Å². The summed E-state index contributed by atoms with van der Waals surface area (Å²) < 4.78 is 34.1. The number of hydrogen-bond donors (Lipinski definition) is 3. The molecule has 1 amide bonds. The molecule has 11 heteroatoms. The Hall–Kier alpha value is -3.83. The van der Waals surface area contributed by atoms with E-state index in [1.54, 1.807) is 19.3 Å². The molecule has 0 aliphatic heterocycles. The monoisotopic (exact) mass is 499 g/mol. The molecule has 2 unspecified atom stereocenters. The van der Waals surface area contributed by atoms with Gasteiger partial charge in [-0.3, -0.25) is 14.6 Å². The molecule has 3 aromatic rings. The van der Waals surface area contributed by atoms with E-state index in [2.05, 4.69) is 15.0 Å². The molecule has 3 rings (SSSR count). The maximum Gasteiger partial charge on any atom is 0.305 e. The van der Waals surface area contributed by atoms with Gasteiger partial charge >= 0.3 is 5.97 Å². The topological polar surface area (TPSA) is 152 Å². The zero-order valence-corrected chi connectivity index (χ0v) is 19.9. The van der Waals surface area contributed by atoms with Crippen LogP contribution >= 0.6 is 0 Å². The standard InChI is InChI=1S/C24H25N3O7S/c1-15(9-18-13-25-12-17-5-3-4-6-21(17)18)34-22-10-19(26-16(2)29)7-8-23(22)35(32,33)27-20(14-28)11-24(30)31/h3-8,10,12-15,20,27H,9,11H2,1-2H3,(H,26,29)(H,30,31). The van der Waals surface area contributed by atoms with Gasteiger partial charge in [0.1, 0.15) is 23.0 Å². The number of aldehydes is 1. The summed E-state index contributed by atoms with van der Waals surface area (Å²) in [6.07, 6.45) is 2.86. The molecule has 0 saturated carbocycles. The highest BCUT2D eigenvalue weighted by Crippen LogP contribution is 2.30. The Labute approximate surface area is 202 Å². The van der Waals surface area contributed by atoms with Gasteiger partial charge in [0.25, 0.3) is 0 Å². The van der Waals surface area contributed by atoms with Crippen molar-refractivity contribution >= 4 is 44.6 Å². The molecule has 1 aromatic heterocycles. The number of nitrogens with zero attached hydrogens (tertiary/aromatic N) is 1. The van der Waals surface area contributed by atoms with E-state index in [4.69, 9.17) is 9.84 Å². The van der Waals surface area contributed by atoms with Crippen LogP contribution in [-0.4, -0.2) is 48.8 Å². The smallest absolute Gasteiger partial charge is 0.305 e. The highest BCUT2D eigenvalue weighted by atomic mass is 32.2. The molecule has 35 heavy (non-hydrogen) atoms. The third-order valence-corrected chi connectivity index (χ3v) is 6.53. The molecule has 1 heterocycles. The van der Waals surface area contributed by atoms with Crippen LogP contribution in [0.3, 0.4) is 0 Å². The number of benzene rings is 2. The largest absolute Gasteiger partial charge is 0.489 e. The molecule has 0 fully saturated rings. The van der Waals surface area contributed by atoms with Crippen LogP contribution in [0.15, 0.2) is 59.8 Å². The molecular formula is C24H25N3O7S. The van der Waals surface area contributed by atoms with Crippen molar-refractivity contribution in [2.24, 2.45) is 0 Å². The average molecular weight is 500 g/mol. The predicted molar refractivity (Wildman–Crippen MR) is 129 cm³/mol. The second-order valence-corrected chi connectivity index (χ2v) is 9.64. The number of nitrogens with one attached hydrogen (secondary N) is 2. The molecule has 0 spiro atoms. The van der Waals surface area contributed by atoms with Crippen molar-refractivity contribution in [3.8, 4) is 5.75 Å². The summed E-state index contributed by atoms with van der Waals surface area (Å²) in [6, 6.07) is 10.2. The molecule has 2 atom stereocenters. The maximum atomic E-state index is 13.0. The number of aromatic nitrogens is 1. The lowest BCUT2D eigenvalue weighted by molar-refractivity contribution is -0.138. The minimum absolute atomic E-state index is 0.0654. The van der Waals surface area contributed by atoms with E-state index in [1.165, 1.54) is 25.1 Å². The molecule has 0 saturated heterocycles. The van der Waals surface area contributed by atoms with Crippen molar-refractivity contribution in [1.82, 2.24) is 9.71 Å². The third kappa shape index (κ3) is 6.84. The van der Waals surface area contributed by atoms with Crippen molar-refractivity contribution in [2.45, 2.75) is 43.7 Å². The van der Waals surface area contributed by atoms with E-state index in [-0.39, 0.29) is 22.8 Å². The third-order valence-electron chi connectivity index (χ3n) is 5.01. The lowest BCUT2D eigenvalue weighted by Crippen LogP contribution is -2.37. The number of carbonyl (C=O) groups excluding carboxylic acids is 2. The summed E-state index contributed by atoms with van der Waals surface area (Å²) in [5, 5.41) is 13.4. The van der Waals surface area contributed by atoms with Gasteiger partial charge in [-0.05, 0) is 30.0 Å². The maximum absolute atomic E-state index is 13.0. The lowest BCUT2D eigenvalue weighted by atomic mass is 10.0. The van der Waals surface area contributed by atoms with Crippen LogP contribution in [0.2, 0.25) is 0 Å². The predicted octanol–water partition coefficient (Wildman–Crippen LogP) is 2.52. The average Bonchev–Trinajstić information content (AvgIpc) is 2.78. The van der Waals surface area contributed by atoms with Gasteiger partial charge in [-0.1, -0.05) is 24.3 Å². The fraction of sp³-hybridized carbons (Fsp3) is 0.250. The minimum Gasteiger partial charge on any atom is -0.489 e. The van der Waals surface area contributed by atoms with E-state index in [0.717, 1.165) is 16.3 Å². The molecule has 0 aliphatic carbocycles. The zero-order chi connectivity index (χ0) is 25.6. The van der Waals surface area contributed by atoms with Gasteiger partial charge in [-0.15, -0.1) is 0 Å². The number of anilines is 1. The number of aliphatic carboxylic acids is 1. The number of amides is 1. The number of rotatable bonds is 11. The Balaban J connectivity index is 1.93. The SMILES string of the molecule is CC(=O)Nc1ccc(S(=O)(=O)NC(C=O)CC(=O)O)c(OC(C)Cc2cncc3ccccc23)c1. The van der Waals surface area contributed by atoms with Gasteiger partial charge in [0.2, 0.25) is 15.9 Å². The van der Waals surface area contributed by atoms with Gasteiger partial charge < -0.3 is 20.0 Å². The number of carboxylic acid groups (broad SMARTS) is 1. The van der Waals surface area contributed by atoms with Crippen molar-refractivity contribution < 1.29 is 32.6 Å². The van der Waals surface area contributed by atoms with E-state index in [1.807, 2.05) is 24.3 Å². The lowest BCUT2D eigenvalue weighted by Gasteiger charge is -2.20. The van der Waals surface area contributed by atoms with Crippen molar-refractivity contribution in [1.29, 1.82) is 0 Å². The summed E-state index contributed by atoms with van der Waals surface area (Å²) in [5.41, 5.74) is 1.21. The molecule has 3 N–H and O–H groups in total. The van der Waals surface area contributed by atoms with Crippen LogP contribution in [0.5, 0.6) is 5.75 Å². The Kier molecular flexibility index (Phi) is 8.15. The summed E-state index contributed by atoms with van der Waals surface area (Å²) in [6.45, 7) is 3.07. The first-order chi connectivity index (χ1) is 16.6. The second-order valence-electron chi connectivity index (χ2n) is 7.96. The summed E-state index contributed by atoms with van der Waals surface area (Å²) in [7, 11) is -4.34. The Morgan fingerprint density at radius 2 is 1.91 bits per heavy atom. The van der Waals surface area contributed by atoms with Crippen LogP contribution in [0.4, 0.5) is 5.69 Å². The van der Waals surface area contributed by atoms with Gasteiger partial charge in [-0.2, -0.15) is 0 Å². The first kappa shape index (κ1) is 25.8. The quantitative estimate of drug-likeness (QED) is 0.340. The van der Waals surface area contributed by atoms with E-state index >= 15 is 0 Å². The summed E-state index contributed by atoms with van der Waals surface area (Å²) >= 11 is 0. The Morgan fingerprint density at radius 1 is 1.17 bits per heavy atom. The normalized spacial score (nSPS) is 13.1. The first-order valence-corrected chi connectivity index (χ1v) is 12.2. The number of carboxylic acids is 1. The Morgan fingerprint density at radius 3 is 2.60 bits per heavy atom. The molecule has 184 valence electrons. The number of pyridine rings is 1. The molecule has 2 aromatic carbocycles. The second kappa shape index (κ2) is 11.1. The number of ether oxygens (including phenoxy) is 1. The van der Waals surface area contributed by atoms with Gasteiger partial charge in [0.05, 0.1) is 12.5 Å². The number of hydrogen-bond acceptors (Lipinski definition) is 7. The van der Waals surface area contributed by atoms with E-state index in [0.29, 0.717) is 12.1 Å². The zero-order valence-electron chi connectivity index (χ0n) is 19.1. The van der Waals surface area contributed by atoms with Crippen LogP contribution in [-0.2, 0) is 30.8 Å². The Bertz CT molecular complexity index is 1350. The number of carbonyl (C=O) groups is 3. The van der Waals surface area contributed by atoms with Gasteiger partial charge in [0.15, 0.2) is 0 Å². The highest BCUT2D eigenvalue weighted by molar-refractivity contribution is 7.89. The van der Waals surface area contributed by atoms with Crippen molar-refractivity contribution in [3.63, 3.8) is 0 Å². The summed E-state index contributed by atoms with van der Waals surface area (Å²) in [5.74, 6) is -1.76. The van der Waals surface area contributed by atoms with E-state index in [9.17, 15) is 22.8 Å². The van der Waals surface area contributed by atoms with Crippen LogP contribution in [0, 0.1) is 0 Å². The van der Waals surface area contributed by atoms with Gasteiger partial charge in [-0.25, -0.2) is 13.1 Å².